The lowest BCUT2D eigenvalue weighted by atomic mass is 10.4. The van der Waals surface area contributed by atoms with Crippen molar-refractivity contribution in [2.24, 2.45) is 0 Å². The van der Waals surface area contributed by atoms with E-state index in [-0.39, 0.29) is 30.5 Å². The molecule has 1 aromatic rings. The van der Waals surface area contributed by atoms with E-state index in [9.17, 15) is 18.0 Å². The Balaban J connectivity index is 2.91. The number of imidazole rings is 1. The third kappa shape index (κ3) is 3.38. The Kier molecular flexibility index (Phi) is 4.20. The summed E-state index contributed by atoms with van der Waals surface area (Å²) >= 11 is 0. The average Bonchev–Trinajstić information content (AvgIpc) is 2.51. The van der Waals surface area contributed by atoms with Crippen molar-refractivity contribution in [3.8, 4) is 0 Å². The van der Waals surface area contributed by atoms with Gasteiger partial charge in [-0.1, -0.05) is 0 Å². The number of alkyl halides is 3. The molecule has 5 nitrogen and oxygen atoms in total. The maximum absolute atomic E-state index is 12.1. The van der Waals surface area contributed by atoms with Crippen LogP contribution in [0, 0.1) is 6.92 Å². The molecule has 1 heterocycles. The minimum absolute atomic E-state index is 0.102. The van der Waals surface area contributed by atoms with Crippen LogP contribution in [-0.4, -0.2) is 28.3 Å². The number of ether oxygens (including phenoxy) is 1. The van der Waals surface area contributed by atoms with Gasteiger partial charge in [-0.3, -0.25) is 0 Å². The zero-order valence-electron chi connectivity index (χ0n) is 10.0. The Morgan fingerprint density at radius 1 is 1.50 bits per heavy atom. The predicted octanol–water partition coefficient (Wildman–Crippen LogP) is 1.90. The quantitative estimate of drug-likeness (QED) is 0.844. The van der Waals surface area contributed by atoms with Crippen LogP contribution in [-0.2, 0) is 11.3 Å². The summed E-state index contributed by atoms with van der Waals surface area (Å²) in [5.41, 5.74) is 5.45. The Labute approximate surface area is 102 Å². The second kappa shape index (κ2) is 5.28. The smallest absolute Gasteiger partial charge is 0.390 e. The molecule has 2 N–H and O–H groups in total. The number of carbonyl (C=O) groups is 1. The van der Waals surface area contributed by atoms with E-state index in [0.29, 0.717) is 0 Å². The van der Waals surface area contributed by atoms with Gasteiger partial charge in [-0.15, -0.1) is 0 Å². The van der Waals surface area contributed by atoms with Gasteiger partial charge in [0.05, 0.1) is 13.0 Å². The molecule has 0 bridgehead atoms. The Hall–Kier alpha value is -1.73. The maximum Gasteiger partial charge on any atom is 0.390 e. The van der Waals surface area contributed by atoms with Crippen molar-refractivity contribution in [1.82, 2.24) is 9.55 Å². The van der Waals surface area contributed by atoms with Gasteiger partial charge in [0.15, 0.2) is 5.69 Å². The lowest BCUT2D eigenvalue weighted by Gasteiger charge is -2.09. The van der Waals surface area contributed by atoms with Gasteiger partial charge in [0.2, 0.25) is 0 Å². The second-order valence-electron chi connectivity index (χ2n) is 3.63. The van der Waals surface area contributed by atoms with Gasteiger partial charge >= 0.3 is 12.1 Å². The van der Waals surface area contributed by atoms with Crippen LogP contribution >= 0.6 is 0 Å². The third-order valence-electron chi connectivity index (χ3n) is 2.29. The number of anilines is 1. The van der Waals surface area contributed by atoms with Gasteiger partial charge in [-0.2, -0.15) is 13.2 Å². The minimum Gasteiger partial charge on any atom is -0.461 e. The molecule has 18 heavy (non-hydrogen) atoms. The molecule has 0 aliphatic rings. The van der Waals surface area contributed by atoms with Gasteiger partial charge in [0.1, 0.15) is 11.6 Å². The van der Waals surface area contributed by atoms with Crippen molar-refractivity contribution >= 4 is 11.8 Å². The van der Waals surface area contributed by atoms with Crippen molar-refractivity contribution in [2.75, 3.05) is 12.3 Å². The number of hydrogen-bond acceptors (Lipinski definition) is 4. The molecule has 0 aliphatic carbocycles. The summed E-state index contributed by atoms with van der Waals surface area (Å²) in [6.07, 6.45) is -5.32. The SMILES string of the molecule is CCOC(=O)c1nc(C)n(CCC(F)(F)F)c1N. The standard InChI is InChI=1S/C10H14F3N3O2/c1-3-18-9(17)7-8(14)16(6(2)15-7)5-4-10(11,12)13/h3-5,14H2,1-2H3. The van der Waals surface area contributed by atoms with Gasteiger partial charge in [-0.05, 0) is 13.8 Å². The predicted molar refractivity (Wildman–Crippen MR) is 58.0 cm³/mol. The molecule has 102 valence electrons. The topological polar surface area (TPSA) is 70.1 Å². The molecule has 0 saturated carbocycles. The number of esters is 1. The summed E-state index contributed by atoms with van der Waals surface area (Å²) in [7, 11) is 0. The van der Waals surface area contributed by atoms with E-state index in [2.05, 4.69) is 4.98 Å². The van der Waals surface area contributed by atoms with Crippen LogP contribution in [0.3, 0.4) is 0 Å². The van der Waals surface area contributed by atoms with E-state index in [4.69, 9.17) is 10.5 Å². The number of rotatable bonds is 4. The molecule has 0 radical (unpaired) electrons. The molecule has 8 heteroatoms. The normalized spacial score (nSPS) is 11.6. The number of halogens is 3. The van der Waals surface area contributed by atoms with Crippen LogP contribution < -0.4 is 5.73 Å². The highest BCUT2D eigenvalue weighted by atomic mass is 19.4. The van der Waals surface area contributed by atoms with Gasteiger partial charge in [0, 0.05) is 6.54 Å². The fraction of sp³-hybridized carbons (Fsp3) is 0.600. The number of nitrogen functional groups attached to an aromatic ring is 1. The molecule has 1 aromatic heterocycles. The number of aryl methyl sites for hydroxylation is 1. The van der Waals surface area contributed by atoms with Gasteiger partial charge < -0.3 is 15.0 Å². The van der Waals surface area contributed by atoms with Crippen LogP contribution in [0.5, 0.6) is 0 Å². The Morgan fingerprint density at radius 2 is 2.11 bits per heavy atom. The number of carbonyl (C=O) groups excluding carboxylic acids is 1. The van der Waals surface area contributed by atoms with Gasteiger partial charge in [-0.25, -0.2) is 9.78 Å². The monoisotopic (exact) mass is 265 g/mol. The van der Waals surface area contributed by atoms with E-state index in [1.807, 2.05) is 0 Å². The molecule has 0 fully saturated rings. The van der Waals surface area contributed by atoms with Crippen LogP contribution in [0.1, 0.15) is 29.7 Å². The third-order valence-corrected chi connectivity index (χ3v) is 2.29. The molecule has 0 unspecified atom stereocenters. The van der Waals surface area contributed by atoms with Crippen LogP contribution in [0.2, 0.25) is 0 Å². The molecular formula is C10H14F3N3O2. The molecule has 0 atom stereocenters. The highest BCUT2D eigenvalue weighted by molar-refractivity contribution is 5.92. The number of hydrogen-bond donors (Lipinski definition) is 1. The van der Waals surface area contributed by atoms with Crippen molar-refractivity contribution in [2.45, 2.75) is 33.0 Å². The molecule has 0 saturated heterocycles. The summed E-state index contributed by atoms with van der Waals surface area (Å²) < 4.78 is 42.2. The Bertz CT molecular complexity index is 440. The summed E-state index contributed by atoms with van der Waals surface area (Å²) in [6.45, 7) is 2.87. The van der Waals surface area contributed by atoms with Crippen molar-refractivity contribution in [3.05, 3.63) is 11.5 Å². The Morgan fingerprint density at radius 3 is 2.61 bits per heavy atom. The van der Waals surface area contributed by atoms with Gasteiger partial charge in [0.25, 0.3) is 0 Å². The number of nitrogens with zero attached hydrogens (tertiary/aromatic N) is 2. The molecule has 0 spiro atoms. The average molecular weight is 265 g/mol. The largest absolute Gasteiger partial charge is 0.461 e. The maximum atomic E-state index is 12.1. The van der Waals surface area contributed by atoms with Crippen LogP contribution in [0.4, 0.5) is 19.0 Å². The fourth-order valence-corrected chi connectivity index (χ4v) is 1.45. The van der Waals surface area contributed by atoms with E-state index >= 15 is 0 Å². The fourth-order valence-electron chi connectivity index (χ4n) is 1.45. The van der Waals surface area contributed by atoms with Crippen LogP contribution in [0.25, 0.3) is 0 Å². The second-order valence-corrected chi connectivity index (χ2v) is 3.63. The van der Waals surface area contributed by atoms with E-state index in [0.717, 1.165) is 4.57 Å². The van der Waals surface area contributed by atoms with Crippen LogP contribution in [0.15, 0.2) is 0 Å². The summed E-state index contributed by atoms with van der Waals surface area (Å²) in [6, 6.07) is 0. The van der Waals surface area contributed by atoms with Crippen molar-refractivity contribution < 1.29 is 22.7 Å². The van der Waals surface area contributed by atoms with Crippen molar-refractivity contribution in [1.29, 1.82) is 0 Å². The number of aromatic nitrogens is 2. The lowest BCUT2D eigenvalue weighted by Crippen LogP contribution is -2.15. The van der Waals surface area contributed by atoms with E-state index < -0.39 is 18.6 Å². The first-order valence-corrected chi connectivity index (χ1v) is 5.32. The highest BCUT2D eigenvalue weighted by Gasteiger charge is 2.28. The van der Waals surface area contributed by atoms with E-state index in [1.54, 1.807) is 6.92 Å². The zero-order chi connectivity index (χ0) is 13.9. The minimum atomic E-state index is -4.28. The molecule has 0 aromatic carbocycles. The summed E-state index contributed by atoms with van der Waals surface area (Å²) in [5.74, 6) is -0.584. The first kappa shape index (κ1) is 14.3. The van der Waals surface area contributed by atoms with Crippen molar-refractivity contribution in [3.63, 3.8) is 0 Å². The first-order valence-electron chi connectivity index (χ1n) is 5.32. The lowest BCUT2D eigenvalue weighted by molar-refractivity contribution is -0.136. The molecule has 1 rings (SSSR count). The molecule has 0 amide bonds. The summed E-state index contributed by atoms with van der Waals surface area (Å²) in [4.78, 5) is 15.3. The summed E-state index contributed by atoms with van der Waals surface area (Å²) in [5, 5.41) is 0. The molecular weight excluding hydrogens is 251 g/mol. The first-order chi connectivity index (χ1) is 8.26. The number of nitrogens with two attached hydrogens (primary N) is 1. The van der Waals surface area contributed by atoms with E-state index in [1.165, 1.54) is 6.92 Å². The highest BCUT2D eigenvalue weighted by Crippen LogP contribution is 2.23. The zero-order valence-corrected chi connectivity index (χ0v) is 10.0. The molecule has 0 aliphatic heterocycles.